The van der Waals surface area contributed by atoms with E-state index in [1.165, 1.54) is 19.2 Å². The first-order valence-electron chi connectivity index (χ1n) is 6.23. The number of rotatable bonds is 2. The molecule has 6 nitrogen and oxygen atoms in total. The number of hydrogen-bond acceptors (Lipinski definition) is 5. The second-order valence-electron chi connectivity index (χ2n) is 4.35. The average Bonchev–Trinajstić information content (AvgIpc) is 2.54. The number of nitrogens with one attached hydrogen (secondary N) is 1. The zero-order chi connectivity index (χ0) is 14.8. The molecule has 104 valence electrons. The first-order valence-corrected chi connectivity index (χ1v) is 6.23. The number of aromatic nitrogens is 3. The summed E-state index contributed by atoms with van der Waals surface area (Å²) in [4.78, 5) is 34.8. The first-order chi connectivity index (χ1) is 10.2. The number of nitrogens with zero attached hydrogens (tertiary/aromatic N) is 2. The highest BCUT2D eigenvalue weighted by Gasteiger charge is 2.10. The predicted molar refractivity (Wildman–Crippen MR) is 76.9 cm³/mol. The molecule has 1 aromatic carbocycles. The second kappa shape index (κ2) is 5.16. The molecule has 0 bridgehead atoms. The number of carbonyl (C=O) groups excluding carboxylic acids is 1. The van der Waals surface area contributed by atoms with E-state index in [9.17, 15) is 9.59 Å². The Morgan fingerprint density at radius 1 is 1.24 bits per heavy atom. The number of ether oxygens (including phenoxy) is 1. The Kier molecular flexibility index (Phi) is 3.19. The van der Waals surface area contributed by atoms with Crippen LogP contribution in [-0.4, -0.2) is 28.0 Å². The largest absolute Gasteiger partial charge is 0.465 e. The highest BCUT2D eigenvalue weighted by Crippen LogP contribution is 2.15. The molecule has 0 fully saturated rings. The van der Waals surface area contributed by atoms with Crippen LogP contribution in [0.1, 0.15) is 10.4 Å². The normalized spacial score (nSPS) is 10.5. The predicted octanol–water partition coefficient (Wildman–Crippen LogP) is 1.77. The van der Waals surface area contributed by atoms with Gasteiger partial charge in [0, 0.05) is 6.20 Å². The SMILES string of the molecule is COC(=O)c1ccc2c(=O)[nH]c(-c3ccccn3)nc2c1. The van der Waals surface area contributed by atoms with Gasteiger partial charge in [0.25, 0.3) is 5.56 Å². The van der Waals surface area contributed by atoms with Gasteiger partial charge < -0.3 is 9.72 Å². The van der Waals surface area contributed by atoms with Gasteiger partial charge in [-0.05, 0) is 30.3 Å². The van der Waals surface area contributed by atoms with Crippen LogP contribution in [0.4, 0.5) is 0 Å². The summed E-state index contributed by atoms with van der Waals surface area (Å²) in [6, 6.07) is 9.94. The zero-order valence-electron chi connectivity index (χ0n) is 11.2. The summed E-state index contributed by atoms with van der Waals surface area (Å²) in [5, 5.41) is 0.405. The van der Waals surface area contributed by atoms with Crippen molar-refractivity contribution in [3.05, 3.63) is 58.5 Å². The van der Waals surface area contributed by atoms with Crippen LogP contribution in [0, 0.1) is 0 Å². The Labute approximate surface area is 119 Å². The van der Waals surface area contributed by atoms with Crippen LogP contribution in [0.2, 0.25) is 0 Å². The fraction of sp³-hybridized carbons (Fsp3) is 0.0667. The van der Waals surface area contributed by atoms with Gasteiger partial charge in [-0.1, -0.05) is 6.07 Å². The second-order valence-corrected chi connectivity index (χ2v) is 4.35. The van der Waals surface area contributed by atoms with Gasteiger partial charge >= 0.3 is 5.97 Å². The van der Waals surface area contributed by atoms with Crippen LogP contribution in [0.15, 0.2) is 47.4 Å². The maximum Gasteiger partial charge on any atom is 0.337 e. The quantitative estimate of drug-likeness (QED) is 0.724. The Morgan fingerprint density at radius 2 is 2.10 bits per heavy atom. The monoisotopic (exact) mass is 281 g/mol. The Hall–Kier alpha value is -3.02. The van der Waals surface area contributed by atoms with E-state index in [-0.39, 0.29) is 5.56 Å². The molecule has 0 radical (unpaired) electrons. The third kappa shape index (κ3) is 2.38. The molecule has 0 aliphatic carbocycles. The molecule has 0 spiro atoms. The number of carbonyl (C=O) groups is 1. The van der Waals surface area contributed by atoms with Crippen LogP contribution in [0.3, 0.4) is 0 Å². The van der Waals surface area contributed by atoms with E-state index < -0.39 is 5.97 Å². The lowest BCUT2D eigenvalue weighted by Gasteiger charge is -2.04. The number of H-pyrrole nitrogens is 1. The van der Waals surface area contributed by atoms with Gasteiger partial charge in [0.1, 0.15) is 5.69 Å². The van der Waals surface area contributed by atoms with E-state index in [0.29, 0.717) is 28.0 Å². The van der Waals surface area contributed by atoms with Gasteiger partial charge in [-0.25, -0.2) is 9.78 Å². The number of pyridine rings is 1. The summed E-state index contributed by atoms with van der Waals surface area (Å²) in [6.45, 7) is 0. The number of methoxy groups -OCH3 is 1. The molecular weight excluding hydrogens is 270 g/mol. The minimum absolute atomic E-state index is 0.280. The summed E-state index contributed by atoms with van der Waals surface area (Å²) in [7, 11) is 1.30. The highest BCUT2D eigenvalue weighted by atomic mass is 16.5. The van der Waals surface area contributed by atoms with Crippen LogP contribution >= 0.6 is 0 Å². The number of hydrogen-bond donors (Lipinski definition) is 1. The summed E-state index contributed by atoms with van der Waals surface area (Å²) >= 11 is 0. The Morgan fingerprint density at radius 3 is 2.81 bits per heavy atom. The van der Waals surface area contributed by atoms with Crippen molar-refractivity contribution in [2.75, 3.05) is 7.11 Å². The molecule has 0 atom stereocenters. The van der Waals surface area contributed by atoms with Crippen molar-refractivity contribution in [3.8, 4) is 11.5 Å². The van der Waals surface area contributed by atoms with Gasteiger partial charge in [-0.15, -0.1) is 0 Å². The molecule has 21 heavy (non-hydrogen) atoms. The summed E-state index contributed by atoms with van der Waals surface area (Å²) in [6.07, 6.45) is 1.62. The molecule has 0 unspecified atom stereocenters. The van der Waals surface area contributed by atoms with Crippen molar-refractivity contribution in [2.45, 2.75) is 0 Å². The standard InChI is InChI=1S/C15H11N3O3/c1-21-15(20)9-5-6-10-12(8-9)17-13(18-14(10)19)11-4-2-3-7-16-11/h2-8H,1H3,(H,17,18,19). The smallest absolute Gasteiger partial charge is 0.337 e. The number of benzene rings is 1. The molecule has 1 N–H and O–H groups in total. The third-order valence-electron chi connectivity index (χ3n) is 3.04. The van der Waals surface area contributed by atoms with Crippen molar-refractivity contribution in [1.82, 2.24) is 15.0 Å². The van der Waals surface area contributed by atoms with E-state index in [2.05, 4.69) is 19.7 Å². The molecule has 0 aliphatic rings. The molecule has 0 aliphatic heterocycles. The third-order valence-corrected chi connectivity index (χ3v) is 3.04. The van der Waals surface area contributed by atoms with Crippen molar-refractivity contribution in [2.24, 2.45) is 0 Å². The highest BCUT2D eigenvalue weighted by molar-refractivity contribution is 5.94. The minimum atomic E-state index is -0.474. The van der Waals surface area contributed by atoms with E-state index in [1.807, 2.05) is 0 Å². The van der Waals surface area contributed by atoms with Crippen LogP contribution in [-0.2, 0) is 4.74 Å². The molecule has 0 saturated carbocycles. The lowest BCUT2D eigenvalue weighted by atomic mass is 10.1. The van der Waals surface area contributed by atoms with Crippen LogP contribution in [0.5, 0.6) is 0 Å². The molecule has 2 heterocycles. The van der Waals surface area contributed by atoms with Crippen molar-refractivity contribution < 1.29 is 9.53 Å². The molecular formula is C15H11N3O3. The van der Waals surface area contributed by atoms with E-state index in [1.54, 1.807) is 30.5 Å². The number of aromatic amines is 1. The summed E-state index contributed by atoms with van der Waals surface area (Å²) in [5.41, 5.74) is 1.04. The van der Waals surface area contributed by atoms with E-state index in [4.69, 9.17) is 0 Å². The van der Waals surface area contributed by atoms with Crippen molar-refractivity contribution in [3.63, 3.8) is 0 Å². The first kappa shape index (κ1) is 13.0. The average molecular weight is 281 g/mol. The van der Waals surface area contributed by atoms with Crippen LogP contribution < -0.4 is 5.56 Å². The zero-order valence-corrected chi connectivity index (χ0v) is 11.2. The summed E-state index contributed by atoms with van der Waals surface area (Å²) in [5.74, 6) is -0.117. The molecule has 3 rings (SSSR count). The fourth-order valence-corrected chi connectivity index (χ4v) is 2.01. The fourth-order valence-electron chi connectivity index (χ4n) is 2.01. The molecule has 0 saturated heterocycles. The van der Waals surface area contributed by atoms with Crippen molar-refractivity contribution >= 4 is 16.9 Å². The maximum atomic E-state index is 12.1. The van der Waals surface area contributed by atoms with E-state index >= 15 is 0 Å². The lowest BCUT2D eigenvalue weighted by molar-refractivity contribution is 0.0601. The van der Waals surface area contributed by atoms with Gasteiger partial charge in [-0.3, -0.25) is 9.78 Å². The lowest BCUT2D eigenvalue weighted by Crippen LogP contribution is -2.11. The topological polar surface area (TPSA) is 84.9 Å². The van der Waals surface area contributed by atoms with Gasteiger partial charge in [0.2, 0.25) is 0 Å². The van der Waals surface area contributed by atoms with Gasteiger partial charge in [-0.2, -0.15) is 0 Å². The van der Waals surface area contributed by atoms with Crippen molar-refractivity contribution in [1.29, 1.82) is 0 Å². The minimum Gasteiger partial charge on any atom is -0.465 e. The molecule has 3 aromatic rings. The number of esters is 1. The molecule has 0 amide bonds. The van der Waals surface area contributed by atoms with Gasteiger partial charge in [0.15, 0.2) is 5.82 Å². The Balaban J connectivity index is 2.22. The van der Waals surface area contributed by atoms with Gasteiger partial charge in [0.05, 0.1) is 23.6 Å². The summed E-state index contributed by atoms with van der Waals surface area (Å²) < 4.78 is 4.67. The van der Waals surface area contributed by atoms with E-state index in [0.717, 1.165) is 0 Å². The van der Waals surface area contributed by atoms with Crippen LogP contribution in [0.25, 0.3) is 22.4 Å². The maximum absolute atomic E-state index is 12.1. The Bertz CT molecular complexity index is 872. The molecule has 2 aromatic heterocycles. The number of fused-ring (bicyclic) bond motifs is 1. The molecule has 6 heteroatoms.